The highest BCUT2D eigenvalue weighted by Gasteiger charge is 2.23. The summed E-state index contributed by atoms with van der Waals surface area (Å²) in [7, 11) is 0. The Kier molecular flexibility index (Phi) is 5.90. The highest BCUT2D eigenvalue weighted by molar-refractivity contribution is 7.10. The van der Waals surface area contributed by atoms with Crippen LogP contribution in [-0.2, 0) is 12.0 Å². The monoisotopic (exact) mass is 371 g/mol. The summed E-state index contributed by atoms with van der Waals surface area (Å²) in [6, 6.07) is 11.9. The van der Waals surface area contributed by atoms with Crippen molar-refractivity contribution in [3.05, 3.63) is 52.5 Å². The number of hydrogen-bond acceptors (Lipinski definition) is 4. The molecule has 1 aromatic carbocycles. The van der Waals surface area contributed by atoms with Crippen LogP contribution < -0.4 is 10.6 Å². The number of aliphatic imine (C=N–C) groups is 1. The van der Waals surface area contributed by atoms with Gasteiger partial charge in [0.1, 0.15) is 11.4 Å². The molecule has 3 aromatic rings. The van der Waals surface area contributed by atoms with Crippen molar-refractivity contribution < 1.29 is 5.11 Å². The predicted octanol–water partition coefficient (Wildman–Crippen LogP) is 2.63. The van der Waals surface area contributed by atoms with Gasteiger partial charge in [0, 0.05) is 24.4 Å². The van der Waals surface area contributed by atoms with Crippen molar-refractivity contribution in [3.8, 4) is 0 Å². The van der Waals surface area contributed by atoms with Crippen LogP contribution >= 0.6 is 11.3 Å². The lowest BCUT2D eigenvalue weighted by atomic mass is 10.1. The second-order valence-corrected chi connectivity index (χ2v) is 7.27. The lowest BCUT2D eigenvalue weighted by molar-refractivity contribution is 0.0711. The van der Waals surface area contributed by atoms with E-state index in [1.54, 1.807) is 6.92 Å². The number of rotatable bonds is 7. The van der Waals surface area contributed by atoms with E-state index in [0.29, 0.717) is 19.0 Å². The summed E-state index contributed by atoms with van der Waals surface area (Å²) in [5, 5.41) is 19.1. The molecule has 0 radical (unpaired) electrons. The molecule has 0 spiro atoms. The molecule has 0 aliphatic rings. The van der Waals surface area contributed by atoms with Crippen LogP contribution in [0.15, 0.2) is 46.8 Å². The van der Waals surface area contributed by atoms with E-state index in [0.717, 1.165) is 34.7 Å². The molecular weight excluding hydrogens is 346 g/mol. The molecule has 0 amide bonds. The summed E-state index contributed by atoms with van der Waals surface area (Å²) < 4.78 is 0. The normalized spacial score (nSPS) is 14.3. The second kappa shape index (κ2) is 8.33. The maximum atomic E-state index is 10.6. The number of benzene rings is 1. The molecular formula is C19H25N5OS. The van der Waals surface area contributed by atoms with Gasteiger partial charge in [-0.2, -0.15) is 0 Å². The molecule has 1 atom stereocenters. The minimum atomic E-state index is -0.963. The molecule has 0 saturated heterocycles. The van der Waals surface area contributed by atoms with Crippen molar-refractivity contribution in [3.63, 3.8) is 0 Å². The summed E-state index contributed by atoms with van der Waals surface area (Å²) in [5.74, 6) is 1.64. The molecule has 6 nitrogen and oxygen atoms in total. The smallest absolute Gasteiger partial charge is 0.191 e. The number of imidazole rings is 1. The zero-order chi connectivity index (χ0) is 18.4. The van der Waals surface area contributed by atoms with Gasteiger partial charge in [0.05, 0.1) is 17.6 Å². The molecule has 0 fully saturated rings. The van der Waals surface area contributed by atoms with Crippen molar-refractivity contribution >= 4 is 28.3 Å². The molecule has 0 aliphatic carbocycles. The van der Waals surface area contributed by atoms with Gasteiger partial charge in [-0.1, -0.05) is 18.2 Å². The Morgan fingerprint density at radius 3 is 2.85 bits per heavy atom. The molecule has 3 rings (SSSR count). The lowest BCUT2D eigenvalue weighted by Gasteiger charge is -2.20. The van der Waals surface area contributed by atoms with Gasteiger partial charge in [-0.15, -0.1) is 11.3 Å². The Hall–Kier alpha value is -2.38. The van der Waals surface area contributed by atoms with E-state index in [9.17, 15) is 5.11 Å². The predicted molar refractivity (Wildman–Crippen MR) is 108 cm³/mol. The number of nitrogens with one attached hydrogen (secondary N) is 3. The molecule has 2 heterocycles. The zero-order valence-corrected chi connectivity index (χ0v) is 15.9. The summed E-state index contributed by atoms with van der Waals surface area (Å²) in [6.07, 6.45) is 0.764. The number of fused-ring (bicyclic) bond motifs is 1. The van der Waals surface area contributed by atoms with E-state index >= 15 is 0 Å². The highest BCUT2D eigenvalue weighted by atomic mass is 32.1. The molecule has 7 heteroatoms. The van der Waals surface area contributed by atoms with E-state index in [4.69, 9.17) is 0 Å². The maximum absolute atomic E-state index is 10.6. The van der Waals surface area contributed by atoms with E-state index < -0.39 is 5.60 Å². The van der Waals surface area contributed by atoms with E-state index in [1.165, 1.54) is 11.3 Å². The largest absolute Gasteiger partial charge is 0.383 e. The first-order chi connectivity index (χ1) is 12.6. The summed E-state index contributed by atoms with van der Waals surface area (Å²) in [5.41, 5.74) is 1.07. The van der Waals surface area contributed by atoms with Crippen LogP contribution in [0.5, 0.6) is 0 Å². The van der Waals surface area contributed by atoms with Gasteiger partial charge < -0.3 is 20.7 Å². The number of thiophene rings is 1. The number of H-pyrrole nitrogens is 1. The van der Waals surface area contributed by atoms with Crippen LogP contribution in [0.25, 0.3) is 11.0 Å². The van der Waals surface area contributed by atoms with Gasteiger partial charge in [0.15, 0.2) is 5.96 Å². The fraction of sp³-hybridized carbons (Fsp3) is 0.368. The Balaban J connectivity index is 1.57. The Labute approximate surface area is 157 Å². The fourth-order valence-corrected chi connectivity index (χ4v) is 3.44. The van der Waals surface area contributed by atoms with Crippen molar-refractivity contribution in [2.24, 2.45) is 4.99 Å². The van der Waals surface area contributed by atoms with Gasteiger partial charge in [-0.25, -0.2) is 9.98 Å². The van der Waals surface area contributed by atoms with Gasteiger partial charge in [0.25, 0.3) is 0 Å². The number of aliphatic hydroxyl groups is 1. The SMILES string of the molecule is CCNC(=NCC(C)(O)c1cccs1)NCCc1nc2ccccc2[nH]1. The van der Waals surface area contributed by atoms with Crippen molar-refractivity contribution in [2.45, 2.75) is 25.9 Å². The number of aromatic amines is 1. The first kappa shape index (κ1) is 18.4. The number of hydrogen-bond donors (Lipinski definition) is 4. The molecule has 0 bridgehead atoms. The number of guanidine groups is 1. The number of para-hydroxylation sites is 2. The number of nitrogens with zero attached hydrogens (tertiary/aromatic N) is 2. The first-order valence-corrected chi connectivity index (χ1v) is 9.68. The summed E-state index contributed by atoms with van der Waals surface area (Å²) >= 11 is 1.54. The molecule has 0 aliphatic heterocycles. The molecule has 2 aromatic heterocycles. The van der Waals surface area contributed by atoms with Crippen LogP contribution in [0.2, 0.25) is 0 Å². The zero-order valence-electron chi connectivity index (χ0n) is 15.1. The standard InChI is InChI=1S/C19H25N5OS/c1-3-20-18(22-13-19(2,25)16-9-6-12-26-16)21-11-10-17-23-14-7-4-5-8-15(14)24-17/h4-9,12,25H,3,10-11,13H2,1-2H3,(H,23,24)(H2,20,21,22). The Bertz CT molecular complexity index is 821. The number of aromatic nitrogens is 2. The molecule has 1 unspecified atom stereocenters. The lowest BCUT2D eigenvalue weighted by Crippen LogP contribution is -2.39. The van der Waals surface area contributed by atoms with Gasteiger partial charge in [-0.3, -0.25) is 0 Å². The van der Waals surface area contributed by atoms with Gasteiger partial charge >= 0.3 is 0 Å². The average molecular weight is 372 g/mol. The average Bonchev–Trinajstić information content (AvgIpc) is 3.29. The fourth-order valence-electron chi connectivity index (χ4n) is 2.66. The Morgan fingerprint density at radius 2 is 2.12 bits per heavy atom. The second-order valence-electron chi connectivity index (χ2n) is 6.32. The molecule has 26 heavy (non-hydrogen) atoms. The van der Waals surface area contributed by atoms with Crippen LogP contribution in [0.1, 0.15) is 24.5 Å². The molecule has 4 N–H and O–H groups in total. The minimum absolute atomic E-state index is 0.299. The van der Waals surface area contributed by atoms with Crippen LogP contribution in [-0.4, -0.2) is 40.7 Å². The third-order valence-corrected chi connectivity index (χ3v) is 5.16. The van der Waals surface area contributed by atoms with E-state index in [-0.39, 0.29) is 0 Å². The third-order valence-electron chi connectivity index (χ3n) is 4.03. The van der Waals surface area contributed by atoms with E-state index in [2.05, 4.69) is 25.6 Å². The summed E-state index contributed by atoms with van der Waals surface area (Å²) in [4.78, 5) is 13.4. The van der Waals surface area contributed by atoms with E-state index in [1.807, 2.05) is 48.7 Å². The Morgan fingerprint density at radius 1 is 1.27 bits per heavy atom. The van der Waals surface area contributed by atoms with Crippen molar-refractivity contribution in [1.82, 2.24) is 20.6 Å². The molecule has 0 saturated carbocycles. The maximum Gasteiger partial charge on any atom is 0.191 e. The van der Waals surface area contributed by atoms with Crippen LogP contribution in [0.3, 0.4) is 0 Å². The van der Waals surface area contributed by atoms with Crippen molar-refractivity contribution in [2.75, 3.05) is 19.6 Å². The van der Waals surface area contributed by atoms with Gasteiger partial charge in [0.2, 0.25) is 0 Å². The van der Waals surface area contributed by atoms with Crippen LogP contribution in [0, 0.1) is 0 Å². The van der Waals surface area contributed by atoms with Crippen LogP contribution in [0.4, 0.5) is 0 Å². The quantitative estimate of drug-likeness (QED) is 0.380. The molecule has 138 valence electrons. The summed E-state index contributed by atoms with van der Waals surface area (Å²) in [6.45, 7) is 5.58. The van der Waals surface area contributed by atoms with Crippen molar-refractivity contribution in [1.29, 1.82) is 0 Å². The minimum Gasteiger partial charge on any atom is -0.383 e. The highest BCUT2D eigenvalue weighted by Crippen LogP contribution is 2.25. The topological polar surface area (TPSA) is 85.3 Å². The third kappa shape index (κ3) is 4.62. The van der Waals surface area contributed by atoms with Gasteiger partial charge in [-0.05, 0) is 37.4 Å². The first-order valence-electron chi connectivity index (χ1n) is 8.80.